The molecule has 25 heavy (non-hydrogen) atoms. The average Bonchev–Trinajstić information content (AvgIpc) is 2.64. The second-order valence-corrected chi connectivity index (χ2v) is 6.66. The van der Waals surface area contributed by atoms with Gasteiger partial charge in [-0.15, -0.1) is 0 Å². The highest BCUT2D eigenvalue weighted by Gasteiger charge is 2.27. The van der Waals surface area contributed by atoms with Gasteiger partial charge in [0.2, 0.25) is 5.91 Å². The standard InChI is InChI=1S/C18H21ClN4O2/c19-14-4-5-16(21-11-14)22-17(24)12-23-9-6-13(7-10-23)18(25)15-3-1-2-8-20-15/h1-5,8,11,13,18,25H,6-7,9-10,12H2,(H,21,22,24). The molecule has 0 radical (unpaired) electrons. The summed E-state index contributed by atoms with van der Waals surface area (Å²) >= 11 is 5.78. The molecule has 2 N–H and O–H groups in total. The first-order chi connectivity index (χ1) is 12.1. The molecular weight excluding hydrogens is 340 g/mol. The molecule has 2 aromatic heterocycles. The number of aliphatic hydroxyl groups is 1. The van der Waals surface area contributed by atoms with Crippen LogP contribution in [-0.4, -0.2) is 45.5 Å². The zero-order valence-corrected chi connectivity index (χ0v) is 14.6. The minimum Gasteiger partial charge on any atom is -0.387 e. The molecule has 0 aromatic carbocycles. The number of hydrogen-bond acceptors (Lipinski definition) is 5. The maximum absolute atomic E-state index is 12.1. The number of pyridine rings is 2. The molecule has 1 aliphatic heterocycles. The Labute approximate surface area is 151 Å². The largest absolute Gasteiger partial charge is 0.387 e. The zero-order chi connectivity index (χ0) is 17.6. The second kappa shape index (κ2) is 8.38. The van der Waals surface area contributed by atoms with Gasteiger partial charge in [-0.3, -0.25) is 14.7 Å². The Bertz CT molecular complexity index is 688. The number of rotatable bonds is 5. The summed E-state index contributed by atoms with van der Waals surface area (Å²) in [6, 6.07) is 8.94. The number of anilines is 1. The molecule has 1 atom stereocenters. The third kappa shape index (κ3) is 4.98. The van der Waals surface area contributed by atoms with Gasteiger partial charge in [0.05, 0.1) is 23.4 Å². The number of halogens is 1. The van der Waals surface area contributed by atoms with Gasteiger partial charge >= 0.3 is 0 Å². The summed E-state index contributed by atoms with van der Waals surface area (Å²) in [6.45, 7) is 1.86. The van der Waals surface area contributed by atoms with Crippen molar-refractivity contribution in [3.8, 4) is 0 Å². The summed E-state index contributed by atoms with van der Waals surface area (Å²) in [5.74, 6) is 0.570. The Morgan fingerprint density at radius 1 is 1.28 bits per heavy atom. The van der Waals surface area contributed by atoms with Gasteiger partial charge < -0.3 is 10.4 Å². The molecule has 6 nitrogen and oxygen atoms in total. The predicted molar refractivity (Wildman–Crippen MR) is 96.2 cm³/mol. The molecule has 0 aliphatic carbocycles. The quantitative estimate of drug-likeness (QED) is 0.856. The van der Waals surface area contributed by atoms with Crippen LogP contribution in [0.3, 0.4) is 0 Å². The highest BCUT2D eigenvalue weighted by Crippen LogP contribution is 2.29. The van der Waals surface area contributed by atoms with Crippen molar-refractivity contribution in [2.24, 2.45) is 5.92 Å². The number of likely N-dealkylation sites (tertiary alicyclic amines) is 1. The highest BCUT2D eigenvalue weighted by molar-refractivity contribution is 6.30. The minimum atomic E-state index is -0.546. The van der Waals surface area contributed by atoms with E-state index in [2.05, 4.69) is 20.2 Å². The summed E-state index contributed by atoms with van der Waals surface area (Å²) in [7, 11) is 0. The summed E-state index contributed by atoms with van der Waals surface area (Å²) in [6.07, 6.45) is 4.33. The molecular formula is C18H21ClN4O2. The average molecular weight is 361 g/mol. The van der Waals surface area contributed by atoms with Crippen LogP contribution < -0.4 is 5.32 Å². The Kier molecular flexibility index (Phi) is 5.96. The summed E-state index contributed by atoms with van der Waals surface area (Å²) in [5.41, 5.74) is 0.715. The number of carbonyl (C=O) groups excluding carboxylic acids is 1. The van der Waals surface area contributed by atoms with E-state index in [-0.39, 0.29) is 11.8 Å². The van der Waals surface area contributed by atoms with E-state index in [1.807, 2.05) is 18.2 Å². The van der Waals surface area contributed by atoms with Crippen molar-refractivity contribution in [1.82, 2.24) is 14.9 Å². The number of aliphatic hydroxyl groups excluding tert-OH is 1. The summed E-state index contributed by atoms with van der Waals surface area (Å²) in [5, 5.41) is 13.8. The predicted octanol–water partition coefficient (Wildman–Crippen LogP) is 2.51. The monoisotopic (exact) mass is 360 g/mol. The molecule has 132 valence electrons. The lowest BCUT2D eigenvalue weighted by Gasteiger charge is -2.33. The van der Waals surface area contributed by atoms with Gasteiger partial charge in [-0.05, 0) is 56.1 Å². The van der Waals surface area contributed by atoms with E-state index in [4.69, 9.17) is 11.6 Å². The molecule has 0 spiro atoms. The van der Waals surface area contributed by atoms with Crippen molar-refractivity contribution in [1.29, 1.82) is 0 Å². The molecule has 1 aliphatic rings. The van der Waals surface area contributed by atoms with Crippen LogP contribution in [0.4, 0.5) is 5.82 Å². The molecule has 3 heterocycles. The van der Waals surface area contributed by atoms with Gasteiger partial charge in [0.15, 0.2) is 0 Å². The molecule has 0 bridgehead atoms. The lowest BCUT2D eigenvalue weighted by atomic mass is 9.89. The third-order valence-electron chi connectivity index (χ3n) is 4.43. The lowest BCUT2D eigenvalue weighted by molar-refractivity contribution is -0.117. The number of amides is 1. The van der Waals surface area contributed by atoms with E-state index in [0.29, 0.717) is 23.1 Å². The first kappa shape index (κ1) is 17.8. The topological polar surface area (TPSA) is 78.4 Å². The Morgan fingerprint density at radius 3 is 2.72 bits per heavy atom. The van der Waals surface area contributed by atoms with Crippen LogP contribution in [0.5, 0.6) is 0 Å². The van der Waals surface area contributed by atoms with Crippen LogP contribution in [0, 0.1) is 5.92 Å². The molecule has 1 saturated heterocycles. The van der Waals surface area contributed by atoms with Crippen LogP contribution in [0.15, 0.2) is 42.7 Å². The van der Waals surface area contributed by atoms with Crippen molar-refractivity contribution in [3.63, 3.8) is 0 Å². The normalized spacial score (nSPS) is 17.2. The summed E-state index contributed by atoms with van der Waals surface area (Å²) < 4.78 is 0. The number of hydrogen-bond donors (Lipinski definition) is 2. The number of nitrogens with zero attached hydrogens (tertiary/aromatic N) is 3. The maximum atomic E-state index is 12.1. The number of aromatic nitrogens is 2. The van der Waals surface area contributed by atoms with Crippen molar-refractivity contribution in [2.75, 3.05) is 25.0 Å². The smallest absolute Gasteiger partial charge is 0.239 e. The Morgan fingerprint density at radius 2 is 2.08 bits per heavy atom. The molecule has 1 fully saturated rings. The van der Waals surface area contributed by atoms with Crippen molar-refractivity contribution in [2.45, 2.75) is 18.9 Å². The molecule has 3 rings (SSSR count). The molecule has 1 amide bonds. The maximum Gasteiger partial charge on any atom is 0.239 e. The number of carbonyl (C=O) groups is 1. The summed E-state index contributed by atoms with van der Waals surface area (Å²) in [4.78, 5) is 22.5. The first-order valence-electron chi connectivity index (χ1n) is 8.34. The van der Waals surface area contributed by atoms with E-state index in [9.17, 15) is 9.90 Å². The zero-order valence-electron chi connectivity index (χ0n) is 13.8. The minimum absolute atomic E-state index is 0.0986. The van der Waals surface area contributed by atoms with E-state index in [1.54, 1.807) is 18.3 Å². The highest BCUT2D eigenvalue weighted by atomic mass is 35.5. The van der Waals surface area contributed by atoms with E-state index < -0.39 is 6.10 Å². The Hall–Kier alpha value is -2.02. The van der Waals surface area contributed by atoms with Gasteiger partial charge in [-0.25, -0.2) is 4.98 Å². The van der Waals surface area contributed by atoms with E-state index >= 15 is 0 Å². The third-order valence-corrected chi connectivity index (χ3v) is 4.66. The SMILES string of the molecule is O=C(CN1CCC(C(O)c2ccccn2)CC1)Nc1ccc(Cl)cn1. The van der Waals surface area contributed by atoms with E-state index in [0.717, 1.165) is 25.9 Å². The van der Waals surface area contributed by atoms with Crippen molar-refractivity contribution < 1.29 is 9.90 Å². The van der Waals surface area contributed by atoms with Gasteiger partial charge in [0.1, 0.15) is 5.82 Å². The van der Waals surface area contributed by atoms with Crippen LogP contribution in [-0.2, 0) is 4.79 Å². The number of nitrogens with one attached hydrogen (secondary N) is 1. The van der Waals surface area contributed by atoms with Crippen molar-refractivity contribution >= 4 is 23.3 Å². The van der Waals surface area contributed by atoms with Crippen molar-refractivity contribution in [3.05, 3.63) is 53.4 Å². The Balaban J connectivity index is 1.46. The van der Waals surface area contributed by atoms with Crippen LogP contribution in [0.25, 0.3) is 0 Å². The van der Waals surface area contributed by atoms with Gasteiger partial charge in [-0.1, -0.05) is 17.7 Å². The molecule has 0 saturated carbocycles. The van der Waals surface area contributed by atoms with Gasteiger partial charge in [0.25, 0.3) is 0 Å². The number of piperidine rings is 1. The van der Waals surface area contributed by atoms with Gasteiger partial charge in [0, 0.05) is 12.4 Å². The fourth-order valence-electron chi connectivity index (χ4n) is 3.05. The molecule has 1 unspecified atom stereocenters. The van der Waals surface area contributed by atoms with E-state index in [1.165, 1.54) is 6.20 Å². The first-order valence-corrected chi connectivity index (χ1v) is 8.72. The molecule has 7 heteroatoms. The fraction of sp³-hybridized carbons (Fsp3) is 0.389. The van der Waals surface area contributed by atoms with Crippen LogP contribution in [0.1, 0.15) is 24.6 Å². The lowest BCUT2D eigenvalue weighted by Crippen LogP contribution is -2.40. The fourth-order valence-corrected chi connectivity index (χ4v) is 3.17. The second-order valence-electron chi connectivity index (χ2n) is 6.22. The van der Waals surface area contributed by atoms with Gasteiger partial charge in [-0.2, -0.15) is 0 Å². The van der Waals surface area contributed by atoms with Crippen LogP contribution >= 0.6 is 11.6 Å². The van der Waals surface area contributed by atoms with Crippen LogP contribution in [0.2, 0.25) is 5.02 Å². The molecule has 2 aromatic rings.